The van der Waals surface area contributed by atoms with E-state index < -0.39 is 17.5 Å². The first-order valence-electron chi connectivity index (χ1n) is 11.2. The number of rotatable bonds is 5. The van der Waals surface area contributed by atoms with Gasteiger partial charge in [0.2, 0.25) is 0 Å². The van der Waals surface area contributed by atoms with Gasteiger partial charge in [0.1, 0.15) is 5.82 Å². The summed E-state index contributed by atoms with van der Waals surface area (Å²) in [4.78, 5) is 0. The van der Waals surface area contributed by atoms with Crippen molar-refractivity contribution >= 4 is 10.8 Å². The fourth-order valence-corrected chi connectivity index (χ4v) is 5.04. The third-order valence-electron chi connectivity index (χ3n) is 6.82. The lowest BCUT2D eigenvalue weighted by atomic mass is 9.77. The second-order valence-electron chi connectivity index (χ2n) is 8.67. The van der Waals surface area contributed by atoms with Crippen LogP contribution in [0.2, 0.25) is 0 Å². The van der Waals surface area contributed by atoms with Crippen molar-refractivity contribution in [2.24, 2.45) is 5.92 Å². The maximum Gasteiger partial charge on any atom is 0.169 e. The highest BCUT2D eigenvalue weighted by molar-refractivity contribution is 5.89. The van der Waals surface area contributed by atoms with Crippen LogP contribution in [0.5, 0.6) is 0 Å². The second kappa shape index (κ2) is 8.83. The zero-order valence-corrected chi connectivity index (χ0v) is 17.8. The smallest absolute Gasteiger partial charge is 0.169 e. The molecule has 1 saturated carbocycles. The van der Waals surface area contributed by atoms with Crippen LogP contribution in [0.25, 0.3) is 21.9 Å². The molecule has 0 aliphatic heterocycles. The second-order valence-corrected chi connectivity index (χ2v) is 8.67. The summed E-state index contributed by atoms with van der Waals surface area (Å²) in [6.07, 6.45) is 7.92. The molecule has 4 rings (SSSR count). The minimum atomic E-state index is -1.09. The summed E-state index contributed by atoms with van der Waals surface area (Å²) in [5.41, 5.74) is 2.56. The van der Waals surface area contributed by atoms with Crippen LogP contribution in [0, 0.1) is 23.4 Å². The lowest BCUT2D eigenvalue weighted by molar-refractivity contribution is 0.308. The van der Waals surface area contributed by atoms with Gasteiger partial charge >= 0.3 is 0 Å². The average molecular weight is 411 g/mol. The van der Waals surface area contributed by atoms with Gasteiger partial charge in [0.15, 0.2) is 11.6 Å². The largest absolute Gasteiger partial charge is 0.206 e. The minimum Gasteiger partial charge on any atom is -0.206 e. The van der Waals surface area contributed by atoms with Gasteiger partial charge in [0.25, 0.3) is 0 Å². The van der Waals surface area contributed by atoms with E-state index in [4.69, 9.17) is 0 Å². The normalized spacial score (nSPS) is 19.4. The van der Waals surface area contributed by atoms with Gasteiger partial charge < -0.3 is 0 Å². The molecule has 0 aromatic heterocycles. The first-order chi connectivity index (χ1) is 14.5. The molecule has 1 fully saturated rings. The molecule has 1 aliphatic rings. The Labute approximate surface area is 177 Å². The van der Waals surface area contributed by atoms with E-state index in [2.05, 4.69) is 19.1 Å². The molecule has 0 N–H and O–H groups in total. The first kappa shape index (κ1) is 21.0. The summed E-state index contributed by atoms with van der Waals surface area (Å²) in [6.45, 7) is 4.01. The topological polar surface area (TPSA) is 0 Å². The Hall–Kier alpha value is -2.29. The van der Waals surface area contributed by atoms with Crippen LogP contribution < -0.4 is 0 Å². The van der Waals surface area contributed by atoms with Gasteiger partial charge in [-0.05, 0) is 72.1 Å². The SMILES string of the molecule is CCCC1CCC(c2ccc(-c3ccc4cc(CC)c(F)c(F)c4c3F)cc2)CC1. The zero-order chi connectivity index (χ0) is 21.3. The molecule has 3 heteroatoms. The van der Waals surface area contributed by atoms with E-state index in [1.165, 1.54) is 44.1 Å². The van der Waals surface area contributed by atoms with Crippen molar-refractivity contribution in [3.8, 4) is 11.1 Å². The molecule has 0 amide bonds. The molecular formula is C27H29F3. The van der Waals surface area contributed by atoms with Crippen LogP contribution in [0.3, 0.4) is 0 Å². The molecule has 0 nitrogen and oxygen atoms in total. The van der Waals surface area contributed by atoms with Gasteiger partial charge in [0.05, 0.1) is 5.39 Å². The highest BCUT2D eigenvalue weighted by Gasteiger charge is 2.22. The Morgan fingerprint density at radius 1 is 0.800 bits per heavy atom. The lowest BCUT2D eigenvalue weighted by Gasteiger charge is -2.28. The van der Waals surface area contributed by atoms with Crippen molar-refractivity contribution in [1.82, 2.24) is 0 Å². The van der Waals surface area contributed by atoms with E-state index in [0.717, 1.165) is 5.92 Å². The molecule has 0 bridgehead atoms. The van der Waals surface area contributed by atoms with E-state index in [1.54, 1.807) is 25.1 Å². The minimum absolute atomic E-state index is 0.263. The molecule has 0 spiro atoms. The van der Waals surface area contributed by atoms with Crippen molar-refractivity contribution in [2.75, 3.05) is 0 Å². The summed E-state index contributed by atoms with van der Waals surface area (Å²) >= 11 is 0. The fourth-order valence-electron chi connectivity index (χ4n) is 5.04. The molecule has 3 aromatic carbocycles. The van der Waals surface area contributed by atoms with E-state index in [1.807, 2.05) is 12.1 Å². The molecule has 158 valence electrons. The van der Waals surface area contributed by atoms with E-state index in [0.29, 0.717) is 28.9 Å². The van der Waals surface area contributed by atoms with Crippen LogP contribution in [0.1, 0.15) is 69.4 Å². The van der Waals surface area contributed by atoms with E-state index in [-0.39, 0.29) is 10.9 Å². The van der Waals surface area contributed by atoms with Gasteiger partial charge in [-0.15, -0.1) is 0 Å². The predicted octanol–water partition coefficient (Wildman–Crippen LogP) is 8.56. The molecule has 30 heavy (non-hydrogen) atoms. The molecule has 0 radical (unpaired) electrons. The number of benzene rings is 3. The number of aryl methyl sites for hydroxylation is 1. The van der Waals surface area contributed by atoms with Crippen molar-refractivity contribution < 1.29 is 13.2 Å². The standard InChI is InChI=1S/C27H29F3/c1-3-5-17-6-8-19(9-7-17)20-10-12-21(13-11-20)23-15-14-22-16-18(4-2)25(28)27(30)24(22)26(23)29/h10-17,19H,3-9H2,1-2H3. The fraction of sp³-hybridized carbons (Fsp3) is 0.407. The van der Waals surface area contributed by atoms with Gasteiger partial charge in [-0.25, -0.2) is 13.2 Å². The monoisotopic (exact) mass is 410 g/mol. The number of halogens is 3. The first-order valence-corrected chi connectivity index (χ1v) is 11.2. The zero-order valence-electron chi connectivity index (χ0n) is 17.8. The van der Waals surface area contributed by atoms with Gasteiger partial charge in [-0.1, -0.05) is 63.1 Å². The summed E-state index contributed by atoms with van der Waals surface area (Å²) in [5, 5.41) is 0.132. The molecule has 0 atom stereocenters. The molecule has 0 unspecified atom stereocenters. The summed E-state index contributed by atoms with van der Waals surface area (Å²) in [6, 6.07) is 12.8. The maximum atomic E-state index is 15.2. The van der Waals surface area contributed by atoms with Crippen LogP contribution in [-0.2, 0) is 6.42 Å². The molecule has 0 saturated heterocycles. The highest BCUT2D eigenvalue weighted by atomic mass is 19.2. The Bertz CT molecular complexity index is 1030. The highest BCUT2D eigenvalue weighted by Crippen LogP contribution is 2.39. The third-order valence-corrected chi connectivity index (χ3v) is 6.82. The van der Waals surface area contributed by atoms with E-state index in [9.17, 15) is 8.78 Å². The van der Waals surface area contributed by atoms with Crippen molar-refractivity contribution in [2.45, 2.75) is 64.7 Å². The van der Waals surface area contributed by atoms with Crippen molar-refractivity contribution in [1.29, 1.82) is 0 Å². The third kappa shape index (κ3) is 3.87. The van der Waals surface area contributed by atoms with Gasteiger partial charge in [-0.3, -0.25) is 0 Å². The maximum absolute atomic E-state index is 15.2. The van der Waals surface area contributed by atoms with E-state index >= 15 is 4.39 Å². The van der Waals surface area contributed by atoms with Crippen molar-refractivity contribution in [3.63, 3.8) is 0 Å². The molecule has 3 aromatic rings. The van der Waals surface area contributed by atoms with Crippen LogP contribution >= 0.6 is 0 Å². The molecule has 1 aliphatic carbocycles. The number of hydrogen-bond acceptors (Lipinski definition) is 0. The quantitative estimate of drug-likeness (QED) is 0.395. The number of hydrogen-bond donors (Lipinski definition) is 0. The Kier molecular flexibility index (Phi) is 6.17. The van der Waals surface area contributed by atoms with Crippen LogP contribution in [0.15, 0.2) is 42.5 Å². The summed E-state index contributed by atoms with van der Waals surface area (Å²) < 4.78 is 44.0. The van der Waals surface area contributed by atoms with Gasteiger partial charge in [-0.2, -0.15) is 0 Å². The number of fused-ring (bicyclic) bond motifs is 1. The molecule has 0 heterocycles. The lowest BCUT2D eigenvalue weighted by Crippen LogP contribution is -2.13. The molecular weight excluding hydrogens is 381 g/mol. The van der Waals surface area contributed by atoms with Crippen LogP contribution in [-0.4, -0.2) is 0 Å². The predicted molar refractivity (Wildman–Crippen MR) is 118 cm³/mol. The summed E-state index contributed by atoms with van der Waals surface area (Å²) in [5.74, 6) is -1.31. The van der Waals surface area contributed by atoms with Gasteiger partial charge in [0, 0.05) is 5.56 Å². The van der Waals surface area contributed by atoms with Crippen molar-refractivity contribution in [3.05, 3.63) is 71.0 Å². The van der Waals surface area contributed by atoms with Crippen LogP contribution in [0.4, 0.5) is 13.2 Å². The average Bonchev–Trinajstić information content (AvgIpc) is 2.77. The Morgan fingerprint density at radius 3 is 2.13 bits per heavy atom. The summed E-state index contributed by atoms with van der Waals surface area (Å²) in [7, 11) is 0. The Balaban J connectivity index is 1.62. The Morgan fingerprint density at radius 2 is 1.50 bits per heavy atom.